The third-order valence-corrected chi connectivity index (χ3v) is 8.60. The second kappa shape index (κ2) is 11.1. The molecule has 39 heavy (non-hydrogen) atoms. The highest BCUT2D eigenvalue weighted by molar-refractivity contribution is 5.99. The van der Waals surface area contributed by atoms with Crippen LogP contribution in [0.5, 0.6) is 0 Å². The van der Waals surface area contributed by atoms with Crippen molar-refractivity contribution in [3.8, 4) is 11.1 Å². The number of fused-ring (bicyclic) bond motifs is 3. The topological polar surface area (TPSA) is 91.2 Å². The van der Waals surface area contributed by atoms with E-state index in [0.717, 1.165) is 52.5 Å². The van der Waals surface area contributed by atoms with Crippen LogP contribution in [0.15, 0.2) is 78.9 Å². The molecule has 0 saturated heterocycles. The molecular formula is C33H36N4O2. The second-order valence-corrected chi connectivity index (χ2v) is 11.1. The maximum Gasteiger partial charge on any atom is 0.254 e. The van der Waals surface area contributed by atoms with Gasteiger partial charge in [-0.25, -0.2) is 0 Å². The fraction of sp³-hybridized carbons (Fsp3) is 0.333. The van der Waals surface area contributed by atoms with Crippen LogP contribution < -0.4 is 11.1 Å². The number of nitrogens with zero attached hydrogens (tertiary/aromatic N) is 1. The molecular weight excluding hydrogens is 484 g/mol. The van der Waals surface area contributed by atoms with E-state index in [-0.39, 0.29) is 11.8 Å². The third kappa shape index (κ3) is 5.21. The predicted octanol–water partition coefficient (Wildman–Crippen LogP) is 5.28. The third-order valence-electron chi connectivity index (χ3n) is 8.60. The lowest BCUT2D eigenvalue weighted by atomic mass is 9.81. The van der Waals surface area contributed by atoms with Gasteiger partial charge in [-0.15, -0.1) is 0 Å². The van der Waals surface area contributed by atoms with Crippen LogP contribution in [0, 0.1) is 11.8 Å². The average Bonchev–Trinajstić information content (AvgIpc) is 3.37. The van der Waals surface area contributed by atoms with Gasteiger partial charge in [-0.05, 0) is 72.5 Å². The molecule has 1 fully saturated rings. The largest absolute Gasteiger partial charge is 0.357 e. The number of para-hydroxylation sites is 1. The standard InChI is InChI=1S/C33H36N4O2/c34-19-22-7-6-8-23(17-22)20-35-32(38)31-18-28-27-11-4-5-12-29(27)36-30(28)21-37(31)33(39)26-15-13-25(14-16-26)24-9-2-1-3-10-24/h1-5,9-16,22-23,31,36H,6-8,17-21,34H2,(H,35,38). The summed E-state index contributed by atoms with van der Waals surface area (Å²) >= 11 is 0. The molecule has 1 saturated carbocycles. The van der Waals surface area contributed by atoms with Gasteiger partial charge < -0.3 is 20.9 Å². The van der Waals surface area contributed by atoms with Crippen molar-refractivity contribution < 1.29 is 9.59 Å². The molecule has 6 heteroatoms. The molecule has 3 atom stereocenters. The molecule has 3 unspecified atom stereocenters. The van der Waals surface area contributed by atoms with Crippen molar-refractivity contribution in [1.82, 2.24) is 15.2 Å². The van der Waals surface area contributed by atoms with E-state index in [1.54, 1.807) is 4.90 Å². The Bertz CT molecular complexity index is 1460. The van der Waals surface area contributed by atoms with Gasteiger partial charge in [-0.2, -0.15) is 0 Å². The van der Waals surface area contributed by atoms with E-state index < -0.39 is 6.04 Å². The minimum Gasteiger partial charge on any atom is -0.357 e. The number of carbonyl (C=O) groups is 2. The fourth-order valence-corrected chi connectivity index (χ4v) is 6.42. The molecule has 2 heterocycles. The van der Waals surface area contributed by atoms with Crippen LogP contribution in [0.1, 0.15) is 47.3 Å². The zero-order valence-corrected chi connectivity index (χ0v) is 22.2. The minimum atomic E-state index is -0.563. The van der Waals surface area contributed by atoms with Crippen LogP contribution >= 0.6 is 0 Å². The Morgan fingerprint density at radius 2 is 1.62 bits per heavy atom. The summed E-state index contributed by atoms with van der Waals surface area (Å²) in [5.41, 5.74) is 11.9. The van der Waals surface area contributed by atoms with E-state index in [0.29, 0.717) is 43.5 Å². The number of aromatic amines is 1. The lowest BCUT2D eigenvalue weighted by Gasteiger charge is -2.35. The van der Waals surface area contributed by atoms with Gasteiger partial charge in [-0.1, -0.05) is 67.1 Å². The molecule has 0 radical (unpaired) electrons. The highest BCUT2D eigenvalue weighted by atomic mass is 16.2. The van der Waals surface area contributed by atoms with Crippen LogP contribution in [0.25, 0.3) is 22.0 Å². The van der Waals surface area contributed by atoms with Crippen molar-refractivity contribution in [2.24, 2.45) is 17.6 Å². The summed E-state index contributed by atoms with van der Waals surface area (Å²) in [7, 11) is 0. The zero-order valence-electron chi connectivity index (χ0n) is 22.2. The smallest absolute Gasteiger partial charge is 0.254 e. The summed E-state index contributed by atoms with van der Waals surface area (Å²) in [5.74, 6) is 0.786. The first-order valence-electron chi connectivity index (χ1n) is 14.1. The number of carbonyl (C=O) groups excluding carboxylic acids is 2. The lowest BCUT2D eigenvalue weighted by Crippen LogP contribution is -2.53. The van der Waals surface area contributed by atoms with Gasteiger partial charge in [0.2, 0.25) is 5.91 Å². The predicted molar refractivity (Wildman–Crippen MR) is 155 cm³/mol. The SMILES string of the molecule is NCC1CCCC(CNC(=O)C2Cc3c([nH]c4ccccc34)CN2C(=O)c2ccc(-c3ccccc3)cc2)C1. The Kier molecular flexibility index (Phi) is 7.20. The summed E-state index contributed by atoms with van der Waals surface area (Å²) in [6, 6.07) is 25.4. The van der Waals surface area contributed by atoms with Gasteiger partial charge in [0, 0.05) is 35.1 Å². The number of nitrogens with one attached hydrogen (secondary N) is 2. The van der Waals surface area contributed by atoms with Gasteiger partial charge in [0.15, 0.2) is 0 Å². The van der Waals surface area contributed by atoms with Crippen LogP contribution in [-0.4, -0.2) is 40.8 Å². The lowest BCUT2D eigenvalue weighted by molar-refractivity contribution is -0.126. The van der Waals surface area contributed by atoms with E-state index in [1.165, 1.54) is 6.42 Å². The molecule has 6 nitrogen and oxygen atoms in total. The first-order valence-corrected chi connectivity index (χ1v) is 14.1. The van der Waals surface area contributed by atoms with Gasteiger partial charge in [-0.3, -0.25) is 9.59 Å². The van der Waals surface area contributed by atoms with Gasteiger partial charge in [0.1, 0.15) is 6.04 Å². The van der Waals surface area contributed by atoms with Gasteiger partial charge in [0.25, 0.3) is 5.91 Å². The number of hydrogen-bond acceptors (Lipinski definition) is 3. The van der Waals surface area contributed by atoms with E-state index in [2.05, 4.69) is 28.5 Å². The minimum absolute atomic E-state index is 0.0740. The number of nitrogens with two attached hydrogens (primary N) is 1. The summed E-state index contributed by atoms with van der Waals surface area (Å²) < 4.78 is 0. The molecule has 2 aliphatic rings. The Morgan fingerprint density at radius 3 is 2.41 bits per heavy atom. The molecule has 0 spiro atoms. The average molecular weight is 521 g/mol. The van der Waals surface area contributed by atoms with Crippen molar-refractivity contribution in [2.75, 3.05) is 13.1 Å². The maximum atomic E-state index is 13.9. The summed E-state index contributed by atoms with van der Waals surface area (Å²) in [5, 5.41) is 4.35. The highest BCUT2D eigenvalue weighted by Crippen LogP contribution is 2.32. The summed E-state index contributed by atoms with van der Waals surface area (Å²) in [6.45, 7) is 1.72. The summed E-state index contributed by atoms with van der Waals surface area (Å²) in [4.78, 5) is 32.8. The number of amides is 2. The molecule has 3 aromatic carbocycles. The van der Waals surface area contributed by atoms with E-state index in [9.17, 15) is 9.59 Å². The molecule has 200 valence electrons. The van der Waals surface area contributed by atoms with Crippen molar-refractivity contribution in [1.29, 1.82) is 0 Å². The summed E-state index contributed by atoms with van der Waals surface area (Å²) in [6.07, 6.45) is 5.01. The van der Waals surface area contributed by atoms with Crippen LogP contribution in [0.2, 0.25) is 0 Å². The van der Waals surface area contributed by atoms with Gasteiger partial charge >= 0.3 is 0 Å². The van der Waals surface area contributed by atoms with Crippen LogP contribution in [0.3, 0.4) is 0 Å². The van der Waals surface area contributed by atoms with E-state index >= 15 is 0 Å². The Hall–Kier alpha value is -3.90. The van der Waals surface area contributed by atoms with E-state index in [4.69, 9.17) is 5.73 Å². The zero-order chi connectivity index (χ0) is 26.8. The maximum absolute atomic E-state index is 13.9. The Labute approximate surface area is 229 Å². The molecule has 4 aromatic rings. The quantitative estimate of drug-likeness (QED) is 0.323. The van der Waals surface area contributed by atoms with Crippen molar-refractivity contribution in [2.45, 2.75) is 44.7 Å². The van der Waals surface area contributed by atoms with Crippen molar-refractivity contribution in [3.63, 3.8) is 0 Å². The monoisotopic (exact) mass is 520 g/mol. The number of hydrogen-bond donors (Lipinski definition) is 3. The van der Waals surface area contributed by atoms with Crippen LogP contribution in [0.4, 0.5) is 0 Å². The first-order chi connectivity index (χ1) is 19.1. The number of H-pyrrole nitrogens is 1. The first kappa shape index (κ1) is 25.4. The normalized spacial score (nSPS) is 20.9. The molecule has 4 N–H and O–H groups in total. The molecule has 1 aliphatic carbocycles. The second-order valence-electron chi connectivity index (χ2n) is 11.1. The van der Waals surface area contributed by atoms with Crippen molar-refractivity contribution in [3.05, 3.63) is 95.7 Å². The molecule has 1 aromatic heterocycles. The van der Waals surface area contributed by atoms with E-state index in [1.807, 2.05) is 60.7 Å². The fourth-order valence-electron chi connectivity index (χ4n) is 6.42. The Balaban J connectivity index is 1.25. The molecule has 1 aliphatic heterocycles. The van der Waals surface area contributed by atoms with Crippen LogP contribution in [-0.2, 0) is 17.8 Å². The highest BCUT2D eigenvalue weighted by Gasteiger charge is 2.37. The van der Waals surface area contributed by atoms with Crippen molar-refractivity contribution >= 4 is 22.7 Å². The van der Waals surface area contributed by atoms with Gasteiger partial charge in [0.05, 0.1) is 6.54 Å². The Morgan fingerprint density at radius 1 is 0.897 bits per heavy atom. The number of aromatic nitrogens is 1. The molecule has 2 amide bonds. The molecule has 6 rings (SSSR count). The number of benzene rings is 3. The number of rotatable bonds is 6. The molecule has 0 bridgehead atoms.